The van der Waals surface area contributed by atoms with E-state index in [1.54, 1.807) is 32.7 Å². The number of hydrogen-bond donors (Lipinski definition) is 2. The molecule has 0 saturated carbocycles. The number of nitrogen functional groups attached to an aromatic ring is 2. The van der Waals surface area contributed by atoms with Crippen molar-refractivity contribution in [1.29, 1.82) is 0 Å². The fourth-order valence-corrected chi connectivity index (χ4v) is 6.52. The number of aromatic nitrogens is 10. The third-order valence-corrected chi connectivity index (χ3v) is 9.51. The van der Waals surface area contributed by atoms with Gasteiger partial charge in [0.15, 0.2) is 46.3 Å². The maximum Gasteiger partial charge on any atom is 0.344 e. The summed E-state index contributed by atoms with van der Waals surface area (Å²) in [6, 6.07) is 1.63. The zero-order valence-electron chi connectivity index (χ0n) is 31.3. The summed E-state index contributed by atoms with van der Waals surface area (Å²) in [6.45, 7) is 4.13. The number of carbonyl (C=O) groups excluding carboxylic acids is 2. The first kappa shape index (κ1) is 39.6. The van der Waals surface area contributed by atoms with Crippen molar-refractivity contribution in [2.75, 3.05) is 38.2 Å². The molecule has 5 aromatic rings. The summed E-state index contributed by atoms with van der Waals surface area (Å²) >= 11 is 2.58. The lowest BCUT2D eigenvalue weighted by atomic mass is 10.2. The molecule has 22 heteroatoms. The van der Waals surface area contributed by atoms with E-state index in [0.29, 0.717) is 57.3 Å². The van der Waals surface area contributed by atoms with Gasteiger partial charge in [-0.1, -0.05) is 26.7 Å². The normalized spacial score (nSPS) is 11.7. The molecule has 4 N–H and O–H groups in total. The Morgan fingerprint density at radius 1 is 0.704 bits per heavy atom. The summed E-state index contributed by atoms with van der Waals surface area (Å²) in [5.41, 5.74) is 15.6. The number of anilines is 2. The van der Waals surface area contributed by atoms with Gasteiger partial charge in [0.05, 0.1) is 25.6 Å². The number of ether oxygens (including phenoxy) is 2. The van der Waals surface area contributed by atoms with Gasteiger partial charge >= 0.3 is 11.9 Å². The number of hydrogen-bond acceptors (Lipinski definition) is 18. The maximum atomic E-state index is 12.6. The summed E-state index contributed by atoms with van der Waals surface area (Å²) in [5, 5.41) is 36.9. The van der Waals surface area contributed by atoms with Crippen LogP contribution >= 0.6 is 23.5 Å². The zero-order chi connectivity index (χ0) is 39.1. The quantitative estimate of drug-likeness (QED) is 0.0661. The molecule has 20 nitrogen and oxygen atoms in total. The second-order valence-corrected chi connectivity index (χ2v) is 13.3. The highest BCUT2D eigenvalue weighted by Gasteiger charge is 2.26. The number of thioether (sulfide) groups is 2. The number of rotatable bonds is 16. The number of aryl methyl sites for hydroxylation is 4. The number of nitrogens with zero attached hydrogens (tertiary/aromatic N) is 14. The number of esters is 2. The fourth-order valence-electron chi connectivity index (χ4n) is 5.35. The minimum Gasteiger partial charge on any atom is -0.465 e. The van der Waals surface area contributed by atoms with E-state index in [4.69, 9.17) is 31.1 Å². The highest BCUT2D eigenvalue weighted by Crippen LogP contribution is 2.37. The lowest BCUT2D eigenvalue weighted by Gasteiger charge is -2.06. The summed E-state index contributed by atoms with van der Waals surface area (Å²) in [6.07, 6.45) is 9.47. The van der Waals surface area contributed by atoms with Crippen LogP contribution in [-0.4, -0.2) is 87.8 Å². The first-order chi connectivity index (χ1) is 26.0. The van der Waals surface area contributed by atoms with Crippen LogP contribution in [0.2, 0.25) is 0 Å². The van der Waals surface area contributed by atoms with Gasteiger partial charge in [0, 0.05) is 20.2 Å². The summed E-state index contributed by atoms with van der Waals surface area (Å²) in [7, 11) is 5.91. The first-order valence-corrected chi connectivity index (χ1v) is 19.3. The minimum atomic E-state index is -0.585. The molecule has 0 saturated heterocycles. The van der Waals surface area contributed by atoms with Crippen LogP contribution in [0, 0.1) is 0 Å². The molecule has 0 fully saturated rings. The Balaban J connectivity index is 1.57. The third-order valence-electron chi connectivity index (χ3n) is 8.16. The molecule has 54 heavy (non-hydrogen) atoms. The molecule has 0 spiro atoms. The van der Waals surface area contributed by atoms with Crippen LogP contribution in [0.25, 0.3) is 11.6 Å². The molecule has 0 aliphatic heterocycles. The van der Waals surface area contributed by atoms with Crippen molar-refractivity contribution in [1.82, 2.24) is 49.1 Å². The Hall–Kier alpha value is -5.64. The number of carbonyl (C=O) groups is 2. The van der Waals surface area contributed by atoms with Gasteiger partial charge in [-0.2, -0.15) is 29.8 Å². The van der Waals surface area contributed by atoms with Crippen LogP contribution in [0.3, 0.4) is 0 Å². The molecule has 0 aromatic carbocycles. The van der Waals surface area contributed by atoms with Crippen LogP contribution in [0.5, 0.6) is 0 Å². The van der Waals surface area contributed by atoms with E-state index < -0.39 is 11.9 Å². The lowest BCUT2D eigenvalue weighted by molar-refractivity contribution is 0.0588. The first-order valence-electron chi connectivity index (χ1n) is 16.8. The number of nitrogens with two attached hydrogens (primary N) is 2. The zero-order valence-corrected chi connectivity index (χ0v) is 32.9. The molecule has 0 unspecified atom stereocenters. The molecular formula is C32H42N16O4S2. The molecule has 0 bridgehead atoms. The van der Waals surface area contributed by atoms with Crippen molar-refractivity contribution < 1.29 is 19.1 Å². The molecule has 0 aliphatic rings. The number of unbranched alkanes of at least 4 members (excludes halogenated alkanes) is 2. The van der Waals surface area contributed by atoms with E-state index in [-0.39, 0.29) is 34.4 Å². The molecule has 5 rings (SSSR count). The molecule has 0 amide bonds. The number of methoxy groups -OCH3 is 2. The van der Waals surface area contributed by atoms with Crippen molar-refractivity contribution in [3.63, 3.8) is 0 Å². The van der Waals surface area contributed by atoms with Gasteiger partial charge in [-0.05, 0) is 38.2 Å². The highest BCUT2D eigenvalue weighted by molar-refractivity contribution is 7.98. The van der Waals surface area contributed by atoms with Crippen LogP contribution in [-0.2, 0) is 36.4 Å². The Labute approximate surface area is 319 Å². The van der Waals surface area contributed by atoms with Crippen LogP contribution in [0.15, 0.2) is 42.9 Å². The summed E-state index contributed by atoms with van der Waals surface area (Å²) in [4.78, 5) is 34.2. The van der Waals surface area contributed by atoms with E-state index in [1.165, 1.54) is 62.8 Å². The van der Waals surface area contributed by atoms with E-state index in [0.717, 1.165) is 25.7 Å². The Bertz CT molecular complexity index is 2070. The van der Waals surface area contributed by atoms with Crippen LogP contribution in [0.4, 0.5) is 34.6 Å². The summed E-state index contributed by atoms with van der Waals surface area (Å²) < 4.78 is 15.8. The Kier molecular flexibility index (Phi) is 12.8. The molecule has 5 heterocycles. The van der Waals surface area contributed by atoms with Gasteiger partial charge in [0.25, 0.3) is 0 Å². The van der Waals surface area contributed by atoms with Gasteiger partial charge in [0.1, 0.15) is 27.5 Å². The predicted molar refractivity (Wildman–Crippen MR) is 203 cm³/mol. The van der Waals surface area contributed by atoms with Crippen LogP contribution in [0.1, 0.15) is 71.6 Å². The largest absolute Gasteiger partial charge is 0.465 e. The predicted octanol–water partition coefficient (Wildman–Crippen LogP) is 6.01. The van der Waals surface area contributed by atoms with Gasteiger partial charge in [0.2, 0.25) is 0 Å². The molecular weight excluding hydrogens is 737 g/mol. The highest BCUT2D eigenvalue weighted by atomic mass is 32.2. The third kappa shape index (κ3) is 7.83. The molecule has 286 valence electrons. The molecule has 5 aromatic heterocycles. The van der Waals surface area contributed by atoms with Gasteiger partial charge in [-0.3, -0.25) is 0 Å². The SMILES string of the molecule is CCCCc1nn(-c2cc(-n3nc(CCCC)c(/N=N/c4c(C(=O)OC)c(SC)nn4C)c3N)ncn2)c(N)c1/N=N/c1c(C(=O)OC)c(SC)nn1C. The van der Waals surface area contributed by atoms with Crippen molar-refractivity contribution in [3.8, 4) is 11.6 Å². The Morgan fingerprint density at radius 3 is 1.46 bits per heavy atom. The summed E-state index contributed by atoms with van der Waals surface area (Å²) in [5.74, 6) is 0.195. The fraction of sp³-hybridized carbons (Fsp3) is 0.438. The van der Waals surface area contributed by atoms with Crippen molar-refractivity contribution in [2.24, 2.45) is 34.6 Å². The monoisotopic (exact) mass is 778 g/mol. The van der Waals surface area contributed by atoms with Crippen molar-refractivity contribution >= 4 is 70.1 Å². The lowest BCUT2D eigenvalue weighted by Crippen LogP contribution is -2.09. The second-order valence-electron chi connectivity index (χ2n) is 11.7. The van der Waals surface area contributed by atoms with E-state index in [9.17, 15) is 9.59 Å². The van der Waals surface area contributed by atoms with E-state index >= 15 is 0 Å². The standard InChI is InChI=1S/C32H42N16O4S2/c1-9-11-13-17-23(37-39-27-21(31(49)51-5)29(53-7)43-45(27)3)25(33)47(41-17)19-15-20(36-16-35-19)48-26(34)24(18(42-48)14-12-10-2)38-40-28-22(32(50)52-6)30(54-8)44-46(28)4/h15-16H,9-14,33-34H2,1-8H3/b39-37+,40-38+. The molecule has 0 atom stereocenters. The minimum absolute atomic E-state index is 0.162. The van der Waals surface area contributed by atoms with Gasteiger partial charge < -0.3 is 20.9 Å². The average molecular weight is 779 g/mol. The van der Waals surface area contributed by atoms with Crippen LogP contribution < -0.4 is 11.5 Å². The van der Waals surface area contributed by atoms with Crippen molar-refractivity contribution in [2.45, 2.75) is 62.4 Å². The van der Waals surface area contributed by atoms with E-state index in [2.05, 4.69) is 54.5 Å². The number of azo groups is 2. The Morgan fingerprint density at radius 2 is 1.11 bits per heavy atom. The molecule has 0 radical (unpaired) electrons. The van der Waals surface area contributed by atoms with E-state index in [1.807, 2.05) is 0 Å². The van der Waals surface area contributed by atoms with Gasteiger partial charge in [-0.15, -0.1) is 44.0 Å². The second kappa shape index (κ2) is 17.5. The average Bonchev–Trinajstić information content (AvgIpc) is 3.89. The maximum absolute atomic E-state index is 12.6. The topological polar surface area (TPSA) is 251 Å². The molecule has 0 aliphatic carbocycles. The smallest absolute Gasteiger partial charge is 0.344 e. The van der Waals surface area contributed by atoms with Gasteiger partial charge in [-0.25, -0.2) is 28.9 Å². The van der Waals surface area contributed by atoms with Crippen molar-refractivity contribution in [3.05, 3.63) is 34.9 Å².